The highest BCUT2D eigenvalue weighted by molar-refractivity contribution is 6.09. The summed E-state index contributed by atoms with van der Waals surface area (Å²) in [5.74, 6) is 0.0178. The zero-order chi connectivity index (χ0) is 16.9. The lowest BCUT2D eigenvalue weighted by Crippen LogP contribution is -2.44. The van der Waals surface area contributed by atoms with E-state index in [9.17, 15) is 4.79 Å². The van der Waals surface area contributed by atoms with Crippen LogP contribution < -0.4 is 0 Å². The molecule has 1 saturated heterocycles. The molecule has 0 N–H and O–H groups in total. The predicted octanol–water partition coefficient (Wildman–Crippen LogP) is 2.54. The van der Waals surface area contributed by atoms with Crippen LogP contribution in [0, 0.1) is 11.3 Å². The van der Waals surface area contributed by atoms with Gasteiger partial charge in [-0.25, -0.2) is 0 Å². The maximum absolute atomic E-state index is 12.9. The predicted molar refractivity (Wildman–Crippen MR) is 93.8 cm³/mol. The van der Waals surface area contributed by atoms with Gasteiger partial charge in [-0.2, -0.15) is 5.26 Å². The summed E-state index contributed by atoms with van der Waals surface area (Å²) < 4.78 is 0. The SMILES string of the molecule is CN1CCN(Cc2ccccc2C(=O)c2ccc(C#N)cc2)CC1. The lowest BCUT2D eigenvalue weighted by Gasteiger charge is -2.32. The van der Waals surface area contributed by atoms with Gasteiger partial charge in [0.1, 0.15) is 0 Å². The van der Waals surface area contributed by atoms with E-state index in [4.69, 9.17) is 5.26 Å². The van der Waals surface area contributed by atoms with Crippen LogP contribution in [0.2, 0.25) is 0 Å². The largest absolute Gasteiger partial charge is 0.304 e. The molecule has 0 amide bonds. The highest BCUT2D eigenvalue weighted by Gasteiger charge is 2.18. The highest BCUT2D eigenvalue weighted by Crippen LogP contribution is 2.18. The van der Waals surface area contributed by atoms with Gasteiger partial charge in [0.25, 0.3) is 0 Å². The van der Waals surface area contributed by atoms with Gasteiger partial charge in [0.05, 0.1) is 11.6 Å². The van der Waals surface area contributed by atoms with Crippen LogP contribution >= 0.6 is 0 Å². The summed E-state index contributed by atoms with van der Waals surface area (Å²) in [4.78, 5) is 17.6. The molecule has 0 aliphatic carbocycles. The average Bonchev–Trinajstić information content (AvgIpc) is 2.63. The first-order valence-electron chi connectivity index (χ1n) is 8.21. The van der Waals surface area contributed by atoms with Crippen LogP contribution in [0.3, 0.4) is 0 Å². The highest BCUT2D eigenvalue weighted by atomic mass is 16.1. The van der Waals surface area contributed by atoms with E-state index in [1.807, 2.05) is 24.3 Å². The number of hydrogen-bond donors (Lipinski definition) is 0. The summed E-state index contributed by atoms with van der Waals surface area (Å²) in [6, 6.07) is 16.7. The number of nitrogens with zero attached hydrogens (tertiary/aromatic N) is 3. The number of hydrogen-bond acceptors (Lipinski definition) is 4. The molecule has 0 spiro atoms. The van der Waals surface area contributed by atoms with Gasteiger partial charge in [0.15, 0.2) is 5.78 Å². The van der Waals surface area contributed by atoms with Crippen molar-refractivity contribution in [2.75, 3.05) is 33.2 Å². The van der Waals surface area contributed by atoms with E-state index in [2.05, 4.69) is 22.9 Å². The summed E-state index contributed by atoms with van der Waals surface area (Å²) in [6.45, 7) is 4.97. The molecule has 0 radical (unpaired) electrons. The standard InChI is InChI=1S/C20H21N3O/c1-22-10-12-23(13-11-22)15-18-4-2-3-5-19(18)20(24)17-8-6-16(14-21)7-9-17/h2-9H,10-13,15H2,1H3. The smallest absolute Gasteiger partial charge is 0.193 e. The molecule has 2 aromatic carbocycles. The number of nitriles is 1. The molecule has 4 nitrogen and oxygen atoms in total. The fourth-order valence-electron chi connectivity index (χ4n) is 2.98. The zero-order valence-corrected chi connectivity index (χ0v) is 13.9. The molecule has 1 fully saturated rings. The van der Waals surface area contributed by atoms with Crippen molar-refractivity contribution in [3.63, 3.8) is 0 Å². The van der Waals surface area contributed by atoms with Gasteiger partial charge in [0, 0.05) is 43.9 Å². The van der Waals surface area contributed by atoms with Crippen molar-refractivity contribution in [2.24, 2.45) is 0 Å². The average molecular weight is 319 g/mol. The molecule has 2 aromatic rings. The van der Waals surface area contributed by atoms with E-state index < -0.39 is 0 Å². The second-order valence-electron chi connectivity index (χ2n) is 6.25. The Balaban J connectivity index is 1.80. The minimum atomic E-state index is 0.0178. The molecule has 0 aromatic heterocycles. The number of ketones is 1. The molecular formula is C20H21N3O. The molecule has 122 valence electrons. The number of rotatable bonds is 4. The van der Waals surface area contributed by atoms with Crippen molar-refractivity contribution >= 4 is 5.78 Å². The van der Waals surface area contributed by atoms with E-state index in [0.29, 0.717) is 11.1 Å². The molecule has 0 bridgehead atoms. The number of benzene rings is 2. The molecule has 0 saturated carbocycles. The van der Waals surface area contributed by atoms with Crippen LogP contribution in [-0.2, 0) is 6.54 Å². The summed E-state index contributed by atoms with van der Waals surface area (Å²) in [5, 5.41) is 8.89. The Labute approximate surface area is 142 Å². The lowest BCUT2D eigenvalue weighted by molar-refractivity contribution is 0.103. The van der Waals surface area contributed by atoms with Crippen molar-refractivity contribution in [2.45, 2.75) is 6.54 Å². The first kappa shape index (κ1) is 16.4. The normalized spacial score (nSPS) is 15.8. The molecule has 0 unspecified atom stereocenters. The number of likely N-dealkylation sites (N-methyl/N-ethyl adjacent to an activating group) is 1. The van der Waals surface area contributed by atoms with Crippen LogP contribution in [0.1, 0.15) is 27.0 Å². The van der Waals surface area contributed by atoms with Crippen LogP contribution in [0.25, 0.3) is 0 Å². The summed E-state index contributed by atoms with van der Waals surface area (Å²) >= 11 is 0. The van der Waals surface area contributed by atoms with Gasteiger partial charge in [-0.1, -0.05) is 24.3 Å². The van der Waals surface area contributed by atoms with Gasteiger partial charge in [-0.15, -0.1) is 0 Å². The fourth-order valence-corrected chi connectivity index (χ4v) is 2.98. The summed E-state index contributed by atoms with van der Waals surface area (Å²) in [5.41, 5.74) is 3.01. The molecule has 0 atom stereocenters. The Bertz CT molecular complexity index is 753. The molecule has 3 rings (SSSR count). The Kier molecular flexibility index (Phi) is 5.05. The summed E-state index contributed by atoms with van der Waals surface area (Å²) in [6.07, 6.45) is 0. The Morgan fingerprint density at radius 2 is 1.71 bits per heavy atom. The molecule has 1 aliphatic heterocycles. The summed E-state index contributed by atoms with van der Waals surface area (Å²) in [7, 11) is 2.14. The molecule has 1 aliphatic rings. The maximum Gasteiger partial charge on any atom is 0.193 e. The number of carbonyl (C=O) groups excluding carboxylic acids is 1. The van der Waals surface area contributed by atoms with E-state index in [-0.39, 0.29) is 5.78 Å². The van der Waals surface area contributed by atoms with Crippen molar-refractivity contribution in [1.29, 1.82) is 5.26 Å². The van der Waals surface area contributed by atoms with E-state index in [1.54, 1.807) is 24.3 Å². The second kappa shape index (κ2) is 7.39. The third-order valence-electron chi connectivity index (χ3n) is 4.53. The number of carbonyl (C=O) groups is 1. The fraction of sp³-hybridized carbons (Fsp3) is 0.300. The minimum absolute atomic E-state index is 0.0178. The van der Waals surface area contributed by atoms with Crippen LogP contribution in [0.15, 0.2) is 48.5 Å². The van der Waals surface area contributed by atoms with Crippen molar-refractivity contribution in [3.05, 3.63) is 70.8 Å². The van der Waals surface area contributed by atoms with E-state index in [1.165, 1.54) is 0 Å². The molecule has 4 heteroatoms. The molecular weight excluding hydrogens is 298 g/mol. The first-order valence-corrected chi connectivity index (χ1v) is 8.21. The maximum atomic E-state index is 12.9. The quantitative estimate of drug-likeness (QED) is 0.813. The van der Waals surface area contributed by atoms with E-state index >= 15 is 0 Å². The van der Waals surface area contributed by atoms with Gasteiger partial charge in [-0.3, -0.25) is 9.69 Å². The van der Waals surface area contributed by atoms with Crippen molar-refractivity contribution in [3.8, 4) is 6.07 Å². The third kappa shape index (κ3) is 3.70. The minimum Gasteiger partial charge on any atom is -0.304 e. The van der Waals surface area contributed by atoms with Gasteiger partial charge < -0.3 is 4.90 Å². The van der Waals surface area contributed by atoms with Crippen molar-refractivity contribution < 1.29 is 4.79 Å². The van der Waals surface area contributed by atoms with Crippen molar-refractivity contribution in [1.82, 2.24) is 9.80 Å². The Hall–Kier alpha value is -2.48. The third-order valence-corrected chi connectivity index (χ3v) is 4.53. The van der Waals surface area contributed by atoms with Gasteiger partial charge in [0.2, 0.25) is 0 Å². The van der Waals surface area contributed by atoms with Crippen LogP contribution in [0.4, 0.5) is 0 Å². The monoisotopic (exact) mass is 319 g/mol. The first-order chi connectivity index (χ1) is 11.7. The molecule has 24 heavy (non-hydrogen) atoms. The lowest BCUT2D eigenvalue weighted by atomic mass is 9.97. The topological polar surface area (TPSA) is 47.3 Å². The van der Waals surface area contributed by atoms with Crippen LogP contribution in [0.5, 0.6) is 0 Å². The van der Waals surface area contributed by atoms with Gasteiger partial charge >= 0.3 is 0 Å². The van der Waals surface area contributed by atoms with E-state index in [0.717, 1.165) is 43.9 Å². The second-order valence-corrected chi connectivity index (χ2v) is 6.25. The number of piperazine rings is 1. The van der Waals surface area contributed by atoms with Gasteiger partial charge in [-0.05, 0) is 36.9 Å². The molecule has 1 heterocycles. The Morgan fingerprint density at radius 1 is 1.04 bits per heavy atom. The zero-order valence-electron chi connectivity index (χ0n) is 13.9. The Morgan fingerprint density at radius 3 is 2.38 bits per heavy atom. The van der Waals surface area contributed by atoms with Crippen LogP contribution in [-0.4, -0.2) is 48.8 Å².